The van der Waals surface area contributed by atoms with E-state index >= 15 is 0 Å². The van der Waals surface area contributed by atoms with Gasteiger partial charge in [0, 0.05) is 28.4 Å². The van der Waals surface area contributed by atoms with Crippen molar-refractivity contribution in [2.45, 2.75) is 12.1 Å². The lowest BCUT2D eigenvalue weighted by Gasteiger charge is -2.23. The Hall–Kier alpha value is -0.470. The third kappa shape index (κ3) is 8.60. The van der Waals surface area contributed by atoms with Crippen molar-refractivity contribution in [3.8, 4) is 0 Å². The maximum absolute atomic E-state index is 5.22. The lowest BCUT2D eigenvalue weighted by molar-refractivity contribution is 0.105. The summed E-state index contributed by atoms with van der Waals surface area (Å²) in [4.78, 5) is 0. The highest BCUT2D eigenvalue weighted by Crippen LogP contribution is 1.90. The van der Waals surface area contributed by atoms with Crippen LogP contribution in [0.25, 0.3) is 0 Å². The Balaban J connectivity index is 4.09. The quantitative estimate of drug-likeness (QED) is 0.536. The van der Waals surface area contributed by atoms with Crippen molar-refractivity contribution in [3.63, 3.8) is 0 Å². The van der Waals surface area contributed by atoms with Crippen LogP contribution in [-0.4, -0.2) is 72.1 Å². The number of ether oxygens (including phenoxy) is 4. The van der Waals surface area contributed by atoms with Gasteiger partial charge in [-0.3, -0.25) is 0 Å². The van der Waals surface area contributed by atoms with Gasteiger partial charge in [-0.15, -0.1) is 0 Å². The molecule has 0 amide bonds. The Labute approximate surface area is 114 Å². The van der Waals surface area contributed by atoms with Gasteiger partial charge in [-0.2, -0.15) is 0 Å². The molecule has 0 radical (unpaired) electrons. The summed E-state index contributed by atoms with van der Waals surface area (Å²) in [6.07, 6.45) is 0. The van der Waals surface area contributed by atoms with Crippen molar-refractivity contribution in [2.24, 2.45) is 0 Å². The Morgan fingerprint density at radius 1 is 0.778 bits per heavy atom. The van der Waals surface area contributed by atoms with E-state index in [0.717, 1.165) is 0 Å². The largest absolute Gasteiger partial charge is 0.382 e. The Morgan fingerprint density at radius 3 is 1.28 bits per heavy atom. The van der Waals surface area contributed by atoms with E-state index in [9.17, 15) is 0 Å². The highest BCUT2D eigenvalue weighted by molar-refractivity contribution is 7.80. The summed E-state index contributed by atoms with van der Waals surface area (Å²) >= 11 is 5.22. The number of thiocarbonyl (C=S) groups is 1. The van der Waals surface area contributed by atoms with Crippen molar-refractivity contribution in [1.82, 2.24) is 10.6 Å². The zero-order valence-corrected chi connectivity index (χ0v) is 12.3. The molecule has 0 aliphatic carbocycles. The highest BCUT2D eigenvalue weighted by Gasteiger charge is 2.13. The van der Waals surface area contributed by atoms with Crippen molar-refractivity contribution >= 4 is 17.3 Å². The van der Waals surface area contributed by atoms with E-state index in [1.54, 1.807) is 28.4 Å². The minimum absolute atomic E-state index is 0.0192. The Bertz CT molecular complexity index is 187. The maximum atomic E-state index is 5.22. The summed E-state index contributed by atoms with van der Waals surface area (Å²) in [5.41, 5.74) is 0. The molecule has 0 atom stereocenters. The van der Waals surface area contributed by atoms with Crippen LogP contribution in [0.1, 0.15) is 0 Å². The first-order valence-electron chi connectivity index (χ1n) is 5.70. The number of hydrogen-bond acceptors (Lipinski definition) is 5. The minimum atomic E-state index is 0.0192. The van der Waals surface area contributed by atoms with Gasteiger partial charge in [0.05, 0.1) is 38.5 Å². The SMILES string of the molecule is COCC(COC)NC(=S)NC(COC)COC. The van der Waals surface area contributed by atoms with E-state index in [4.69, 9.17) is 31.2 Å². The molecule has 0 aliphatic rings. The maximum Gasteiger partial charge on any atom is 0.167 e. The van der Waals surface area contributed by atoms with Crippen molar-refractivity contribution in [2.75, 3.05) is 54.9 Å². The second-order valence-corrected chi connectivity index (χ2v) is 4.24. The highest BCUT2D eigenvalue weighted by atomic mass is 32.1. The van der Waals surface area contributed by atoms with Crippen LogP contribution in [0.3, 0.4) is 0 Å². The number of methoxy groups -OCH3 is 4. The van der Waals surface area contributed by atoms with Gasteiger partial charge in [-0.25, -0.2) is 0 Å². The lowest BCUT2D eigenvalue weighted by atomic mass is 10.3. The Morgan fingerprint density at radius 2 is 1.06 bits per heavy atom. The second-order valence-electron chi connectivity index (χ2n) is 3.83. The van der Waals surface area contributed by atoms with Gasteiger partial charge in [0.2, 0.25) is 0 Å². The fraction of sp³-hybridized carbons (Fsp3) is 0.909. The first kappa shape index (κ1) is 17.5. The van der Waals surface area contributed by atoms with E-state index in [-0.39, 0.29) is 12.1 Å². The molecule has 6 nitrogen and oxygen atoms in total. The molecule has 0 aromatic rings. The third-order valence-electron chi connectivity index (χ3n) is 2.14. The van der Waals surface area contributed by atoms with Crippen LogP contribution in [0.5, 0.6) is 0 Å². The molecule has 0 aromatic heterocycles. The van der Waals surface area contributed by atoms with E-state index in [1.165, 1.54) is 0 Å². The standard InChI is InChI=1S/C11H24N2O4S/c1-14-5-9(6-15-2)12-11(18)13-10(7-16-3)8-17-4/h9-10H,5-8H2,1-4H3,(H2,12,13,18). The molecule has 0 unspecified atom stereocenters. The van der Waals surface area contributed by atoms with Gasteiger partial charge >= 0.3 is 0 Å². The van der Waals surface area contributed by atoms with Crippen LogP contribution < -0.4 is 10.6 Å². The van der Waals surface area contributed by atoms with Gasteiger partial charge in [0.25, 0.3) is 0 Å². The summed E-state index contributed by atoms with van der Waals surface area (Å²) in [7, 11) is 6.55. The molecule has 0 fully saturated rings. The van der Waals surface area contributed by atoms with E-state index in [0.29, 0.717) is 31.5 Å². The fourth-order valence-electron chi connectivity index (χ4n) is 1.48. The van der Waals surface area contributed by atoms with Gasteiger partial charge < -0.3 is 29.6 Å². The van der Waals surface area contributed by atoms with Crippen molar-refractivity contribution < 1.29 is 18.9 Å². The molecule has 0 spiro atoms. The molecule has 0 aliphatic heterocycles. The number of nitrogens with one attached hydrogen (secondary N) is 2. The molecule has 18 heavy (non-hydrogen) atoms. The summed E-state index contributed by atoms with van der Waals surface area (Å²) in [5, 5.41) is 6.79. The third-order valence-corrected chi connectivity index (χ3v) is 2.38. The predicted molar refractivity (Wildman–Crippen MR) is 73.9 cm³/mol. The zero-order valence-electron chi connectivity index (χ0n) is 11.5. The molecule has 0 bridgehead atoms. The van der Waals surface area contributed by atoms with Crippen LogP contribution in [0.2, 0.25) is 0 Å². The number of hydrogen-bond donors (Lipinski definition) is 2. The van der Waals surface area contributed by atoms with Gasteiger partial charge in [-0.05, 0) is 12.2 Å². The molecular weight excluding hydrogens is 256 g/mol. The van der Waals surface area contributed by atoms with Crippen LogP contribution in [0.4, 0.5) is 0 Å². The molecule has 0 heterocycles. The van der Waals surface area contributed by atoms with Gasteiger partial charge in [0.15, 0.2) is 5.11 Å². The molecule has 7 heteroatoms. The smallest absolute Gasteiger partial charge is 0.167 e. The first-order valence-corrected chi connectivity index (χ1v) is 6.11. The van der Waals surface area contributed by atoms with Crippen LogP contribution in [0, 0.1) is 0 Å². The van der Waals surface area contributed by atoms with Gasteiger partial charge in [-0.1, -0.05) is 0 Å². The monoisotopic (exact) mass is 280 g/mol. The summed E-state index contributed by atoms with van der Waals surface area (Å²) in [6.45, 7) is 2.09. The first-order chi connectivity index (χ1) is 8.67. The molecule has 108 valence electrons. The van der Waals surface area contributed by atoms with Crippen LogP contribution in [-0.2, 0) is 18.9 Å². The van der Waals surface area contributed by atoms with Gasteiger partial charge in [0.1, 0.15) is 0 Å². The molecule has 0 saturated heterocycles. The summed E-state index contributed by atoms with van der Waals surface area (Å²) < 4.78 is 20.3. The average Bonchev–Trinajstić information content (AvgIpc) is 2.30. The molecule has 2 N–H and O–H groups in total. The van der Waals surface area contributed by atoms with E-state index < -0.39 is 0 Å². The van der Waals surface area contributed by atoms with Crippen LogP contribution in [0.15, 0.2) is 0 Å². The average molecular weight is 280 g/mol. The van der Waals surface area contributed by atoms with Crippen LogP contribution >= 0.6 is 12.2 Å². The van der Waals surface area contributed by atoms with E-state index in [1.807, 2.05) is 0 Å². The molecular formula is C11H24N2O4S. The van der Waals surface area contributed by atoms with E-state index in [2.05, 4.69) is 10.6 Å². The lowest BCUT2D eigenvalue weighted by Crippen LogP contribution is -2.51. The van der Waals surface area contributed by atoms with Crippen molar-refractivity contribution in [3.05, 3.63) is 0 Å². The second kappa shape index (κ2) is 11.6. The molecule has 0 aromatic carbocycles. The topological polar surface area (TPSA) is 61.0 Å². The fourth-order valence-corrected chi connectivity index (χ4v) is 1.81. The zero-order chi connectivity index (χ0) is 13.8. The predicted octanol–water partition coefficient (Wildman–Crippen LogP) is -0.227. The molecule has 0 rings (SSSR count). The normalized spacial score (nSPS) is 11.0. The van der Waals surface area contributed by atoms with Crippen molar-refractivity contribution in [1.29, 1.82) is 0 Å². The number of rotatable bonds is 10. The summed E-state index contributed by atoms with van der Waals surface area (Å²) in [5.74, 6) is 0. The minimum Gasteiger partial charge on any atom is -0.382 e. The Kier molecular flexibility index (Phi) is 11.3. The summed E-state index contributed by atoms with van der Waals surface area (Å²) in [6, 6.07) is 0.0384. The molecule has 0 saturated carbocycles.